The quantitative estimate of drug-likeness (QED) is 0.189. The van der Waals surface area contributed by atoms with Gasteiger partial charge in [-0.3, -0.25) is 4.57 Å². The standard InChI is InChI=1S/C26H18N6O3S/c27-13-18(24-28-19-8-4-5-9-20(19)29-24)21(33)14-36-26-31-30-25(32(26)17-6-2-1-3-7-17)16-10-11-22-23(12-16)35-15-34-22/h1-12,33H,14-15H2,(H,28,29). The number of allylic oxidation sites excluding steroid dienone is 1. The molecule has 2 aromatic heterocycles. The van der Waals surface area contributed by atoms with E-state index in [1.807, 2.05) is 77.4 Å². The topological polar surface area (TPSA) is 122 Å². The number of hydrogen-bond donors (Lipinski definition) is 2. The number of fused-ring (bicyclic) bond motifs is 2. The van der Waals surface area contributed by atoms with E-state index < -0.39 is 0 Å². The normalized spacial score (nSPS) is 13.0. The lowest BCUT2D eigenvalue weighted by atomic mass is 10.2. The molecule has 0 saturated heterocycles. The zero-order valence-corrected chi connectivity index (χ0v) is 19.6. The summed E-state index contributed by atoms with van der Waals surface area (Å²) in [7, 11) is 0. The van der Waals surface area contributed by atoms with E-state index in [9.17, 15) is 10.4 Å². The van der Waals surface area contributed by atoms with Crippen LogP contribution >= 0.6 is 11.8 Å². The number of H-pyrrole nitrogens is 1. The lowest BCUT2D eigenvalue weighted by Gasteiger charge is -2.11. The molecule has 0 atom stereocenters. The second-order valence-electron chi connectivity index (χ2n) is 7.87. The molecule has 3 aromatic carbocycles. The van der Waals surface area contributed by atoms with Crippen LogP contribution in [-0.4, -0.2) is 42.4 Å². The monoisotopic (exact) mass is 494 g/mol. The molecular formula is C26H18N6O3S. The fourth-order valence-corrected chi connectivity index (χ4v) is 4.76. The van der Waals surface area contributed by atoms with Gasteiger partial charge in [0.1, 0.15) is 17.4 Å². The summed E-state index contributed by atoms with van der Waals surface area (Å²) >= 11 is 1.27. The Kier molecular flexibility index (Phi) is 5.52. The van der Waals surface area contributed by atoms with E-state index in [0.29, 0.717) is 28.3 Å². The van der Waals surface area contributed by atoms with Crippen LogP contribution in [0.4, 0.5) is 0 Å². The highest BCUT2D eigenvalue weighted by Crippen LogP contribution is 2.37. The molecule has 0 amide bonds. The molecular weight excluding hydrogens is 476 g/mol. The number of hydrogen-bond acceptors (Lipinski definition) is 8. The maximum atomic E-state index is 10.8. The Hall–Kier alpha value is -4.75. The summed E-state index contributed by atoms with van der Waals surface area (Å²) in [5, 5.41) is 30.0. The molecule has 2 N–H and O–H groups in total. The average Bonchev–Trinajstić information content (AvgIpc) is 3.65. The van der Waals surface area contributed by atoms with E-state index in [4.69, 9.17) is 9.47 Å². The first-order valence-corrected chi connectivity index (χ1v) is 12.0. The van der Waals surface area contributed by atoms with Crippen molar-refractivity contribution in [2.45, 2.75) is 5.16 Å². The van der Waals surface area contributed by atoms with Crippen molar-refractivity contribution in [2.24, 2.45) is 0 Å². The van der Waals surface area contributed by atoms with Gasteiger partial charge in [-0.2, -0.15) is 5.26 Å². The number of nitrogens with one attached hydrogen (secondary N) is 1. The summed E-state index contributed by atoms with van der Waals surface area (Å²) < 4.78 is 12.9. The van der Waals surface area contributed by atoms with Crippen LogP contribution in [0.25, 0.3) is 33.7 Å². The van der Waals surface area contributed by atoms with Crippen LogP contribution in [-0.2, 0) is 0 Å². The third-order valence-corrected chi connectivity index (χ3v) is 6.58. The number of ether oxygens (including phenoxy) is 2. The first-order chi connectivity index (χ1) is 17.7. The molecule has 6 rings (SSSR count). The van der Waals surface area contributed by atoms with Crippen LogP contribution in [0.2, 0.25) is 0 Å². The summed E-state index contributed by atoms with van der Waals surface area (Å²) in [6.45, 7) is 0.184. The molecule has 176 valence electrons. The van der Waals surface area contributed by atoms with Gasteiger partial charge >= 0.3 is 0 Å². The van der Waals surface area contributed by atoms with Crippen molar-refractivity contribution in [3.8, 4) is 34.6 Å². The first-order valence-electron chi connectivity index (χ1n) is 11.0. The van der Waals surface area contributed by atoms with Crippen LogP contribution in [0, 0.1) is 11.3 Å². The minimum atomic E-state index is -0.103. The number of para-hydroxylation sites is 3. The summed E-state index contributed by atoms with van der Waals surface area (Å²) in [6, 6.07) is 24.8. The molecule has 1 aliphatic heterocycles. The number of nitrogens with zero attached hydrogens (tertiary/aromatic N) is 5. The van der Waals surface area contributed by atoms with Crippen molar-refractivity contribution in [3.05, 3.63) is 84.4 Å². The molecule has 0 bridgehead atoms. The zero-order chi connectivity index (χ0) is 24.5. The van der Waals surface area contributed by atoms with Crippen LogP contribution in [0.1, 0.15) is 5.82 Å². The molecule has 0 aliphatic carbocycles. The number of aliphatic hydroxyl groups excluding tert-OH is 1. The van der Waals surface area contributed by atoms with Gasteiger partial charge in [-0.15, -0.1) is 10.2 Å². The molecule has 9 nitrogen and oxygen atoms in total. The van der Waals surface area contributed by atoms with Gasteiger partial charge in [0, 0.05) is 11.3 Å². The van der Waals surface area contributed by atoms with Gasteiger partial charge in [0.2, 0.25) is 6.79 Å². The highest BCUT2D eigenvalue weighted by Gasteiger charge is 2.21. The van der Waals surface area contributed by atoms with Crippen molar-refractivity contribution in [2.75, 3.05) is 12.5 Å². The molecule has 1 aliphatic rings. The van der Waals surface area contributed by atoms with E-state index in [1.54, 1.807) is 0 Å². The Morgan fingerprint density at radius 2 is 1.83 bits per heavy atom. The highest BCUT2D eigenvalue weighted by atomic mass is 32.2. The van der Waals surface area contributed by atoms with Gasteiger partial charge < -0.3 is 19.6 Å². The number of imidazole rings is 1. The smallest absolute Gasteiger partial charge is 0.231 e. The third kappa shape index (κ3) is 3.91. The van der Waals surface area contributed by atoms with Crippen molar-refractivity contribution in [3.63, 3.8) is 0 Å². The van der Waals surface area contributed by atoms with E-state index in [2.05, 4.69) is 26.2 Å². The minimum Gasteiger partial charge on any atom is -0.510 e. The van der Waals surface area contributed by atoms with Crippen molar-refractivity contribution < 1.29 is 14.6 Å². The van der Waals surface area contributed by atoms with Gasteiger partial charge in [-0.05, 0) is 42.5 Å². The molecule has 3 heterocycles. The molecule has 0 saturated carbocycles. The molecule has 0 spiro atoms. The van der Waals surface area contributed by atoms with Gasteiger partial charge in [-0.25, -0.2) is 4.98 Å². The van der Waals surface area contributed by atoms with Crippen LogP contribution in [0.5, 0.6) is 11.5 Å². The predicted octanol–water partition coefficient (Wildman–Crippen LogP) is 5.12. The molecule has 0 radical (unpaired) electrons. The predicted molar refractivity (Wildman–Crippen MR) is 135 cm³/mol. The number of aromatic amines is 1. The van der Waals surface area contributed by atoms with Gasteiger partial charge in [0.15, 0.2) is 28.3 Å². The number of aliphatic hydroxyl groups is 1. The number of benzene rings is 3. The third-order valence-electron chi connectivity index (χ3n) is 5.64. The Bertz CT molecular complexity index is 1620. The van der Waals surface area contributed by atoms with Gasteiger partial charge in [0.25, 0.3) is 0 Å². The summed E-state index contributed by atoms with van der Waals surface area (Å²) in [5.74, 6) is 2.27. The zero-order valence-electron chi connectivity index (χ0n) is 18.8. The fourth-order valence-electron chi connectivity index (χ4n) is 3.93. The number of nitriles is 1. The van der Waals surface area contributed by atoms with E-state index in [1.165, 1.54) is 11.8 Å². The maximum Gasteiger partial charge on any atom is 0.231 e. The number of aromatic nitrogens is 5. The van der Waals surface area contributed by atoms with Crippen LogP contribution < -0.4 is 9.47 Å². The lowest BCUT2D eigenvalue weighted by Crippen LogP contribution is -2.01. The molecule has 0 fully saturated rings. The number of thioether (sulfide) groups is 1. The summed E-state index contributed by atoms with van der Waals surface area (Å²) in [6.07, 6.45) is 0. The maximum absolute atomic E-state index is 10.8. The Morgan fingerprint density at radius 1 is 1.03 bits per heavy atom. The Balaban J connectivity index is 1.35. The van der Waals surface area contributed by atoms with Crippen LogP contribution in [0.3, 0.4) is 0 Å². The van der Waals surface area contributed by atoms with Gasteiger partial charge in [-0.1, -0.05) is 42.1 Å². The van der Waals surface area contributed by atoms with Gasteiger partial charge in [0.05, 0.1) is 16.8 Å². The van der Waals surface area contributed by atoms with E-state index in [-0.39, 0.29) is 23.9 Å². The fraction of sp³-hybridized carbons (Fsp3) is 0.0769. The Morgan fingerprint density at radius 3 is 2.67 bits per heavy atom. The van der Waals surface area contributed by atoms with E-state index in [0.717, 1.165) is 22.3 Å². The van der Waals surface area contributed by atoms with Crippen molar-refractivity contribution >= 4 is 28.4 Å². The minimum absolute atomic E-state index is 0.0838. The molecule has 10 heteroatoms. The number of rotatable bonds is 6. The lowest BCUT2D eigenvalue weighted by molar-refractivity contribution is 0.174. The summed E-state index contributed by atoms with van der Waals surface area (Å²) in [5.41, 5.74) is 3.26. The second kappa shape index (κ2) is 9.13. The van der Waals surface area contributed by atoms with Crippen LogP contribution in [0.15, 0.2) is 83.7 Å². The molecule has 5 aromatic rings. The molecule has 36 heavy (non-hydrogen) atoms. The highest BCUT2D eigenvalue weighted by molar-refractivity contribution is 7.99. The largest absolute Gasteiger partial charge is 0.510 e. The SMILES string of the molecule is N#CC(=C(O)CSc1nnc(-c2ccc3c(c2)OCO3)n1-c1ccccc1)c1nc2ccccc2[nH]1. The van der Waals surface area contributed by atoms with Crippen molar-refractivity contribution in [1.82, 2.24) is 24.7 Å². The summed E-state index contributed by atoms with van der Waals surface area (Å²) in [4.78, 5) is 7.53. The average molecular weight is 495 g/mol. The van der Waals surface area contributed by atoms with Crippen molar-refractivity contribution in [1.29, 1.82) is 5.26 Å². The second-order valence-corrected chi connectivity index (χ2v) is 8.81. The first kappa shape index (κ1) is 21.8. The Labute approximate surface area is 209 Å². The van der Waals surface area contributed by atoms with E-state index >= 15 is 0 Å². The molecule has 0 unspecified atom stereocenters.